The Kier molecular flexibility index (Phi) is 4.22. The third-order valence-corrected chi connectivity index (χ3v) is 3.76. The van der Waals surface area contributed by atoms with Gasteiger partial charge in [-0.25, -0.2) is 13.6 Å². The summed E-state index contributed by atoms with van der Waals surface area (Å²) in [7, 11) is 0. The van der Waals surface area contributed by atoms with Gasteiger partial charge in [0.05, 0.1) is 12.2 Å². The minimum Gasteiger partial charge on any atom is -0.385 e. The second kappa shape index (κ2) is 6.32. The number of carbonyl (C=O) groups excluding carboxylic acids is 1. The summed E-state index contributed by atoms with van der Waals surface area (Å²) in [6, 6.07) is 4.96. The van der Waals surface area contributed by atoms with Gasteiger partial charge >= 0.3 is 6.03 Å². The van der Waals surface area contributed by atoms with E-state index >= 15 is 0 Å². The van der Waals surface area contributed by atoms with E-state index in [1.54, 1.807) is 0 Å². The van der Waals surface area contributed by atoms with Crippen molar-refractivity contribution in [1.29, 1.82) is 5.41 Å². The minimum atomic E-state index is -1.14. The number of benzene rings is 1. The van der Waals surface area contributed by atoms with Crippen LogP contribution >= 0.6 is 0 Å². The molecule has 8 heteroatoms. The monoisotopic (exact) mass is 332 g/mol. The number of halogens is 2. The summed E-state index contributed by atoms with van der Waals surface area (Å²) in [5.41, 5.74) is 0.720. The van der Waals surface area contributed by atoms with E-state index in [4.69, 9.17) is 5.41 Å². The van der Waals surface area contributed by atoms with E-state index in [0.717, 1.165) is 11.1 Å². The molecule has 0 bridgehead atoms. The van der Waals surface area contributed by atoms with Crippen LogP contribution in [0.4, 0.5) is 19.3 Å². The van der Waals surface area contributed by atoms with E-state index in [1.807, 2.05) is 0 Å². The first kappa shape index (κ1) is 16.0. The van der Waals surface area contributed by atoms with Crippen LogP contribution < -0.4 is 5.32 Å². The van der Waals surface area contributed by atoms with Gasteiger partial charge in [0.25, 0.3) is 0 Å². The average molecular weight is 332 g/mol. The van der Waals surface area contributed by atoms with Crippen LogP contribution in [0, 0.1) is 17.0 Å². The Morgan fingerprint density at radius 2 is 1.96 bits per heavy atom. The molecule has 1 aliphatic rings. The Bertz CT molecular complexity index is 782. The van der Waals surface area contributed by atoms with Crippen LogP contribution in [0.15, 0.2) is 42.7 Å². The molecule has 3 N–H and O–H groups in total. The number of aliphatic hydroxyl groups excluding tert-OH is 1. The molecule has 2 heterocycles. The normalized spacial score (nSPS) is 20.3. The summed E-state index contributed by atoms with van der Waals surface area (Å²) >= 11 is 0. The highest BCUT2D eigenvalue weighted by Crippen LogP contribution is 2.33. The first-order valence-corrected chi connectivity index (χ1v) is 7.18. The molecule has 6 nitrogen and oxygen atoms in total. The molecule has 1 aromatic heterocycles. The maximum atomic E-state index is 13.4. The highest BCUT2D eigenvalue weighted by atomic mass is 19.1. The van der Waals surface area contributed by atoms with Crippen molar-refractivity contribution in [2.24, 2.45) is 0 Å². The summed E-state index contributed by atoms with van der Waals surface area (Å²) in [6.45, 7) is 0. The van der Waals surface area contributed by atoms with Crippen LogP contribution in [0.2, 0.25) is 0 Å². The standard InChI is InChI=1S/C16H14F2N4O2/c17-10-1-3-12(4-2-10)21-16(24)22-13(6-14(23)15(22)19)9-5-11(18)8-20-7-9/h1-5,7-8,13-14,19,23H,6H2,(H,21,24). The Morgan fingerprint density at radius 1 is 1.25 bits per heavy atom. The van der Waals surface area contributed by atoms with Crippen LogP contribution in [0.3, 0.4) is 0 Å². The number of carbonyl (C=O) groups is 1. The smallest absolute Gasteiger partial charge is 0.327 e. The Balaban J connectivity index is 1.86. The zero-order chi connectivity index (χ0) is 17.3. The van der Waals surface area contributed by atoms with Crippen LogP contribution in [0.1, 0.15) is 18.0 Å². The molecule has 2 unspecified atom stereocenters. The van der Waals surface area contributed by atoms with E-state index in [-0.39, 0.29) is 12.3 Å². The molecule has 2 amide bonds. The number of aliphatic hydroxyl groups is 1. The van der Waals surface area contributed by atoms with Gasteiger partial charge < -0.3 is 10.4 Å². The highest BCUT2D eigenvalue weighted by Gasteiger charge is 2.40. The quantitative estimate of drug-likeness (QED) is 0.790. The zero-order valence-corrected chi connectivity index (χ0v) is 12.4. The zero-order valence-electron chi connectivity index (χ0n) is 12.4. The van der Waals surface area contributed by atoms with Crippen molar-refractivity contribution in [2.45, 2.75) is 18.6 Å². The molecule has 1 aromatic carbocycles. The van der Waals surface area contributed by atoms with Gasteiger partial charge in [0.1, 0.15) is 23.6 Å². The van der Waals surface area contributed by atoms with E-state index in [2.05, 4.69) is 10.3 Å². The predicted octanol–water partition coefficient (Wildman–Crippen LogP) is 2.68. The second-order valence-electron chi connectivity index (χ2n) is 5.40. The molecule has 0 radical (unpaired) electrons. The number of hydrogen-bond donors (Lipinski definition) is 3. The number of amidine groups is 1. The molecular formula is C16H14F2N4O2. The average Bonchev–Trinajstić information content (AvgIpc) is 2.85. The molecule has 1 fully saturated rings. The number of urea groups is 1. The molecule has 124 valence electrons. The maximum Gasteiger partial charge on any atom is 0.327 e. The Morgan fingerprint density at radius 3 is 2.62 bits per heavy atom. The molecule has 2 atom stereocenters. The minimum absolute atomic E-state index is 0.0702. The van der Waals surface area contributed by atoms with E-state index in [1.165, 1.54) is 36.5 Å². The number of amides is 2. The van der Waals surface area contributed by atoms with Crippen LogP contribution in [0.5, 0.6) is 0 Å². The van der Waals surface area contributed by atoms with Gasteiger partial charge in [-0.2, -0.15) is 0 Å². The largest absolute Gasteiger partial charge is 0.385 e. The lowest BCUT2D eigenvalue weighted by molar-refractivity contribution is 0.222. The van der Waals surface area contributed by atoms with E-state index in [0.29, 0.717) is 11.3 Å². The maximum absolute atomic E-state index is 13.4. The van der Waals surface area contributed by atoms with Gasteiger partial charge in [-0.05, 0) is 35.9 Å². The summed E-state index contributed by atoms with van der Waals surface area (Å²) in [6.07, 6.45) is 1.35. The number of pyridine rings is 1. The molecule has 1 saturated heterocycles. The predicted molar refractivity (Wildman–Crippen MR) is 82.5 cm³/mol. The summed E-state index contributed by atoms with van der Waals surface area (Å²) in [4.78, 5) is 17.3. The lowest BCUT2D eigenvalue weighted by Gasteiger charge is -2.24. The SMILES string of the molecule is N=C1C(O)CC(c2cncc(F)c2)N1C(=O)Nc1ccc(F)cc1. The third-order valence-electron chi connectivity index (χ3n) is 3.76. The van der Waals surface area contributed by atoms with Crippen molar-refractivity contribution < 1.29 is 18.7 Å². The molecular weight excluding hydrogens is 318 g/mol. The van der Waals surface area contributed by atoms with Crippen LogP contribution in [0.25, 0.3) is 0 Å². The van der Waals surface area contributed by atoms with Crippen molar-refractivity contribution in [1.82, 2.24) is 9.88 Å². The van der Waals surface area contributed by atoms with Gasteiger partial charge in [0, 0.05) is 18.3 Å². The number of likely N-dealkylation sites (tertiary alicyclic amines) is 1. The van der Waals surface area contributed by atoms with E-state index in [9.17, 15) is 18.7 Å². The van der Waals surface area contributed by atoms with Crippen molar-refractivity contribution in [3.05, 3.63) is 59.9 Å². The number of anilines is 1. The summed E-state index contributed by atoms with van der Waals surface area (Å²) in [5.74, 6) is -1.30. The first-order valence-electron chi connectivity index (χ1n) is 7.18. The highest BCUT2D eigenvalue weighted by molar-refractivity contribution is 6.05. The van der Waals surface area contributed by atoms with Crippen molar-refractivity contribution >= 4 is 17.6 Å². The van der Waals surface area contributed by atoms with Crippen molar-refractivity contribution in [2.75, 3.05) is 5.32 Å². The van der Waals surface area contributed by atoms with Gasteiger partial charge in [-0.3, -0.25) is 15.3 Å². The molecule has 3 rings (SSSR count). The number of rotatable bonds is 2. The molecule has 1 aliphatic heterocycles. The Labute approximate surface area is 136 Å². The van der Waals surface area contributed by atoms with Crippen molar-refractivity contribution in [3.8, 4) is 0 Å². The number of hydrogen-bond acceptors (Lipinski definition) is 4. The van der Waals surface area contributed by atoms with Gasteiger partial charge in [-0.15, -0.1) is 0 Å². The fraction of sp³-hybridized carbons (Fsp3) is 0.188. The number of aromatic nitrogens is 1. The molecule has 0 aliphatic carbocycles. The number of nitrogens with zero attached hydrogens (tertiary/aromatic N) is 2. The lowest BCUT2D eigenvalue weighted by Crippen LogP contribution is -2.39. The second-order valence-corrected chi connectivity index (χ2v) is 5.40. The fourth-order valence-corrected chi connectivity index (χ4v) is 2.62. The van der Waals surface area contributed by atoms with Crippen molar-refractivity contribution in [3.63, 3.8) is 0 Å². The van der Waals surface area contributed by atoms with E-state index < -0.39 is 29.8 Å². The van der Waals surface area contributed by atoms with Crippen LogP contribution in [-0.4, -0.2) is 33.0 Å². The topological polar surface area (TPSA) is 89.3 Å². The summed E-state index contributed by atoms with van der Waals surface area (Å²) < 4.78 is 26.3. The van der Waals surface area contributed by atoms with Gasteiger partial charge in [-0.1, -0.05) is 0 Å². The fourth-order valence-electron chi connectivity index (χ4n) is 2.62. The first-order chi connectivity index (χ1) is 11.5. The number of nitrogens with one attached hydrogen (secondary N) is 2. The third kappa shape index (κ3) is 3.09. The summed E-state index contributed by atoms with van der Waals surface area (Å²) in [5, 5.41) is 20.4. The lowest BCUT2D eigenvalue weighted by atomic mass is 10.1. The molecule has 0 spiro atoms. The van der Waals surface area contributed by atoms with Gasteiger partial charge in [0.2, 0.25) is 0 Å². The molecule has 0 saturated carbocycles. The van der Waals surface area contributed by atoms with Gasteiger partial charge in [0.15, 0.2) is 0 Å². The van der Waals surface area contributed by atoms with Crippen LogP contribution in [-0.2, 0) is 0 Å². The molecule has 24 heavy (non-hydrogen) atoms. The molecule has 2 aromatic rings. The Hall–Kier alpha value is -2.87.